The number of halogens is 2. The van der Waals surface area contributed by atoms with Crippen LogP contribution in [-0.2, 0) is 9.59 Å². The number of carbonyl (C=O) groups excluding carboxylic acids is 3. The molecule has 1 aliphatic carbocycles. The van der Waals surface area contributed by atoms with Gasteiger partial charge in [-0.05, 0) is 23.8 Å². The Bertz CT molecular complexity index is 1210. The van der Waals surface area contributed by atoms with Crippen LogP contribution in [0.25, 0.3) is 11.3 Å². The number of hydrogen-bond donors (Lipinski definition) is 1. The molecular weight excluding hydrogens is 459 g/mol. The topological polar surface area (TPSA) is 82.4 Å². The lowest BCUT2D eigenvalue weighted by atomic mass is 9.85. The Balaban J connectivity index is 1.49. The molecule has 0 saturated heterocycles. The average molecular weight is 476 g/mol. The first-order valence-corrected chi connectivity index (χ1v) is 10.9. The lowest BCUT2D eigenvalue weighted by Crippen LogP contribution is -2.52. The van der Waals surface area contributed by atoms with Gasteiger partial charge in [0.1, 0.15) is 11.6 Å². The monoisotopic (exact) mass is 475 g/mol. The zero-order valence-electron chi connectivity index (χ0n) is 16.6. The quantitative estimate of drug-likeness (QED) is 0.670. The van der Waals surface area contributed by atoms with Crippen LogP contribution >= 0.6 is 34.5 Å². The molecule has 1 unspecified atom stereocenters. The molecule has 1 aromatic carbocycles. The SMILES string of the molecule is CN1C(=O)C2C(CC(=O)Nc3nc(-c4ccc(Cl)c(Cl)c4)cs3)=CC=CC2=[N+](C)C1=O. The first kappa shape index (κ1) is 21.4. The van der Waals surface area contributed by atoms with Crippen molar-refractivity contribution in [2.75, 3.05) is 19.4 Å². The lowest BCUT2D eigenvalue weighted by molar-refractivity contribution is -0.405. The van der Waals surface area contributed by atoms with Crippen molar-refractivity contribution in [3.05, 3.63) is 57.4 Å². The average Bonchev–Trinajstić information content (AvgIpc) is 3.20. The summed E-state index contributed by atoms with van der Waals surface area (Å²) in [4.78, 5) is 43.0. The number of allylic oxidation sites excluding steroid dienone is 3. The minimum Gasteiger partial charge on any atom is -0.302 e. The van der Waals surface area contributed by atoms with E-state index in [2.05, 4.69) is 10.3 Å². The molecule has 2 aromatic rings. The summed E-state index contributed by atoms with van der Waals surface area (Å²) in [5, 5.41) is 5.90. The number of nitrogens with one attached hydrogen (secondary N) is 1. The molecule has 4 rings (SSSR count). The highest BCUT2D eigenvalue weighted by Gasteiger charge is 2.46. The van der Waals surface area contributed by atoms with Gasteiger partial charge in [0.25, 0.3) is 0 Å². The van der Waals surface area contributed by atoms with Gasteiger partial charge in [-0.15, -0.1) is 11.3 Å². The molecule has 0 bridgehead atoms. The van der Waals surface area contributed by atoms with Crippen molar-refractivity contribution >= 4 is 63.2 Å². The number of anilines is 1. The van der Waals surface area contributed by atoms with Gasteiger partial charge in [0.05, 0.1) is 29.8 Å². The third-order valence-electron chi connectivity index (χ3n) is 5.11. The maximum atomic E-state index is 12.7. The second-order valence-corrected chi connectivity index (χ2v) is 8.76. The van der Waals surface area contributed by atoms with Gasteiger partial charge in [-0.25, -0.2) is 9.78 Å². The van der Waals surface area contributed by atoms with E-state index < -0.39 is 11.9 Å². The fourth-order valence-electron chi connectivity index (χ4n) is 3.50. The standard InChI is InChI=1S/C21H16Cl2N4O3S/c1-26-16-5-3-4-12(18(16)19(29)27(2)21(26)30)9-17(28)25-20-24-15(10-31-20)11-6-7-13(22)14(23)8-11/h3-8,10,18H,9H2,1-2H3/p+1. The largest absolute Gasteiger partial charge is 0.500 e. The normalized spacial score (nSPS) is 18.3. The van der Waals surface area contributed by atoms with Crippen molar-refractivity contribution in [2.45, 2.75) is 6.42 Å². The Morgan fingerprint density at radius 1 is 1.29 bits per heavy atom. The fraction of sp³-hybridized carbons (Fsp3) is 0.190. The molecule has 2 heterocycles. The number of carbonyl (C=O) groups is 3. The first-order valence-electron chi connectivity index (χ1n) is 9.26. The summed E-state index contributed by atoms with van der Waals surface area (Å²) >= 11 is 13.3. The van der Waals surface area contributed by atoms with Crippen molar-refractivity contribution < 1.29 is 19.0 Å². The van der Waals surface area contributed by atoms with Crippen molar-refractivity contribution in [2.24, 2.45) is 5.92 Å². The van der Waals surface area contributed by atoms with E-state index in [1.165, 1.54) is 23.0 Å². The summed E-state index contributed by atoms with van der Waals surface area (Å²) < 4.78 is 1.43. The molecule has 10 heteroatoms. The van der Waals surface area contributed by atoms with E-state index in [-0.39, 0.29) is 18.2 Å². The number of nitrogens with zero attached hydrogens (tertiary/aromatic N) is 3. The summed E-state index contributed by atoms with van der Waals surface area (Å²) in [5.41, 5.74) is 2.63. The maximum Gasteiger partial charge on any atom is 0.500 e. The molecule has 7 nitrogen and oxygen atoms in total. The highest BCUT2D eigenvalue weighted by Crippen LogP contribution is 2.31. The summed E-state index contributed by atoms with van der Waals surface area (Å²) in [5.74, 6) is -1.31. The summed E-state index contributed by atoms with van der Waals surface area (Å²) in [6.07, 6.45) is 5.20. The van der Waals surface area contributed by atoms with Crippen molar-refractivity contribution in [1.82, 2.24) is 9.88 Å². The molecule has 0 saturated carbocycles. The minimum atomic E-state index is -0.661. The van der Waals surface area contributed by atoms with Gasteiger partial charge in [-0.1, -0.05) is 41.4 Å². The van der Waals surface area contributed by atoms with Gasteiger partial charge in [-0.3, -0.25) is 4.79 Å². The molecule has 4 amide bonds. The highest BCUT2D eigenvalue weighted by molar-refractivity contribution is 7.14. The molecule has 1 N–H and O–H groups in total. The third kappa shape index (κ3) is 4.06. The Kier molecular flexibility index (Phi) is 5.79. The second-order valence-electron chi connectivity index (χ2n) is 7.09. The van der Waals surface area contributed by atoms with E-state index in [1.807, 2.05) is 5.38 Å². The lowest BCUT2D eigenvalue weighted by Gasteiger charge is -2.27. The summed E-state index contributed by atoms with van der Waals surface area (Å²) in [6.45, 7) is 0. The van der Waals surface area contributed by atoms with E-state index >= 15 is 0 Å². The number of amides is 4. The van der Waals surface area contributed by atoms with Crippen LogP contribution < -0.4 is 5.32 Å². The molecule has 1 atom stereocenters. The van der Waals surface area contributed by atoms with Crippen LogP contribution in [0.15, 0.2) is 47.4 Å². The summed E-state index contributed by atoms with van der Waals surface area (Å²) in [6, 6.07) is 4.80. The number of hydrogen-bond acceptors (Lipinski definition) is 5. The Labute approximate surface area is 192 Å². The number of imide groups is 1. The first-order chi connectivity index (χ1) is 14.8. The molecule has 2 aliphatic rings. The van der Waals surface area contributed by atoms with Crippen LogP contribution in [0.2, 0.25) is 10.0 Å². The smallest absolute Gasteiger partial charge is 0.302 e. The third-order valence-corrected chi connectivity index (χ3v) is 6.61. The zero-order valence-corrected chi connectivity index (χ0v) is 18.9. The van der Waals surface area contributed by atoms with E-state index in [4.69, 9.17) is 23.2 Å². The van der Waals surface area contributed by atoms with Gasteiger partial charge >= 0.3 is 11.9 Å². The Morgan fingerprint density at radius 2 is 2.06 bits per heavy atom. The molecule has 158 valence electrons. The molecule has 31 heavy (non-hydrogen) atoms. The molecule has 1 aliphatic heterocycles. The molecule has 1 aromatic heterocycles. The Morgan fingerprint density at radius 3 is 2.81 bits per heavy atom. The number of benzene rings is 1. The van der Waals surface area contributed by atoms with E-state index in [9.17, 15) is 14.4 Å². The van der Waals surface area contributed by atoms with Crippen LogP contribution in [0.3, 0.4) is 0 Å². The number of rotatable bonds is 4. The number of aromatic nitrogens is 1. The highest BCUT2D eigenvalue weighted by atomic mass is 35.5. The van der Waals surface area contributed by atoms with Gasteiger partial charge < -0.3 is 5.32 Å². The number of urea groups is 1. The number of thiazole rings is 1. The predicted octanol–water partition coefficient (Wildman–Crippen LogP) is 4.23. The molecular formula is C21H17Cl2N4O3S+. The van der Waals surface area contributed by atoms with Crippen LogP contribution in [-0.4, -0.2) is 52.1 Å². The zero-order chi connectivity index (χ0) is 22.3. The van der Waals surface area contributed by atoms with Crippen LogP contribution in [0.5, 0.6) is 0 Å². The van der Waals surface area contributed by atoms with Gasteiger partial charge in [-0.2, -0.15) is 14.3 Å². The van der Waals surface area contributed by atoms with Crippen molar-refractivity contribution in [1.29, 1.82) is 0 Å². The van der Waals surface area contributed by atoms with Crippen LogP contribution in [0.4, 0.5) is 9.93 Å². The predicted molar refractivity (Wildman–Crippen MR) is 121 cm³/mol. The molecule has 0 spiro atoms. The summed E-state index contributed by atoms with van der Waals surface area (Å²) in [7, 11) is 3.05. The van der Waals surface area contributed by atoms with Gasteiger partial charge in [0, 0.05) is 17.4 Å². The van der Waals surface area contributed by atoms with Gasteiger partial charge in [0.15, 0.2) is 5.13 Å². The van der Waals surface area contributed by atoms with E-state index in [0.29, 0.717) is 32.2 Å². The molecule has 0 fully saturated rings. The van der Waals surface area contributed by atoms with Crippen LogP contribution in [0.1, 0.15) is 6.42 Å². The van der Waals surface area contributed by atoms with E-state index in [1.54, 1.807) is 43.5 Å². The fourth-order valence-corrected chi connectivity index (χ4v) is 4.53. The van der Waals surface area contributed by atoms with E-state index in [0.717, 1.165) is 10.5 Å². The van der Waals surface area contributed by atoms with Crippen molar-refractivity contribution in [3.63, 3.8) is 0 Å². The van der Waals surface area contributed by atoms with Crippen molar-refractivity contribution in [3.8, 4) is 11.3 Å². The Hall–Kier alpha value is -2.81. The minimum absolute atomic E-state index is 0.00179. The maximum absolute atomic E-state index is 12.7. The van der Waals surface area contributed by atoms with Gasteiger partial charge in [0.2, 0.25) is 5.91 Å². The second kappa shape index (κ2) is 8.37. The number of fused-ring (bicyclic) bond motifs is 1. The van der Waals surface area contributed by atoms with Crippen LogP contribution in [0, 0.1) is 5.92 Å². The molecule has 0 radical (unpaired) electrons.